The third-order valence-electron chi connectivity index (χ3n) is 12.8. The molecule has 0 fully saturated rings. The first-order valence-corrected chi connectivity index (χ1v) is 20.5. The van der Waals surface area contributed by atoms with Gasteiger partial charge in [-0.05, 0) is 105 Å². The van der Waals surface area contributed by atoms with Crippen molar-refractivity contribution in [2.45, 2.75) is 5.41 Å². The van der Waals surface area contributed by atoms with Gasteiger partial charge in [-0.1, -0.05) is 158 Å². The quantitative estimate of drug-likeness (QED) is 0.175. The van der Waals surface area contributed by atoms with Gasteiger partial charge < -0.3 is 9.32 Å². The summed E-state index contributed by atoms with van der Waals surface area (Å²) in [5.74, 6) is 1.03. The van der Waals surface area contributed by atoms with Crippen LogP contribution in [0.15, 0.2) is 217 Å². The molecule has 2 aromatic heterocycles. The summed E-state index contributed by atoms with van der Waals surface area (Å²) in [4.78, 5) is 8.05. The van der Waals surface area contributed by atoms with Crippen molar-refractivity contribution in [3.8, 4) is 39.1 Å². The standard InChI is InChI=1S/C56H35N3O/c1-2-14-36(15-3-1)37-28-32-39(33-29-37)58(40-34-30-38(31-35-40)41-19-12-27-52-53(41)44-18-6-11-26-51(44)60-52)50-25-13-23-48-54(50)59-49-24-10-9-22-47(49)56(55(59)57-48)45-20-7-4-16-42(45)43-17-5-8-21-46(43)56/h1-35H. The molecule has 1 spiro atoms. The summed E-state index contributed by atoms with van der Waals surface area (Å²) < 4.78 is 8.73. The maximum Gasteiger partial charge on any atom is 0.136 e. The van der Waals surface area contributed by atoms with Crippen LogP contribution in [0, 0.1) is 0 Å². The molecule has 1 aliphatic heterocycles. The van der Waals surface area contributed by atoms with Gasteiger partial charge >= 0.3 is 0 Å². The molecule has 0 bridgehead atoms. The van der Waals surface area contributed by atoms with E-state index in [0.717, 1.165) is 72.7 Å². The Morgan fingerprint density at radius 3 is 1.75 bits per heavy atom. The molecule has 3 heterocycles. The van der Waals surface area contributed by atoms with E-state index >= 15 is 0 Å². The lowest BCUT2D eigenvalue weighted by Gasteiger charge is -2.27. The molecule has 4 nitrogen and oxygen atoms in total. The maximum atomic E-state index is 6.29. The zero-order valence-corrected chi connectivity index (χ0v) is 32.5. The summed E-state index contributed by atoms with van der Waals surface area (Å²) in [6, 6.07) is 76.4. The Bertz CT molecular complexity index is 3440. The first kappa shape index (κ1) is 33.1. The van der Waals surface area contributed by atoms with Gasteiger partial charge in [-0.15, -0.1) is 0 Å². The zero-order chi connectivity index (χ0) is 39.4. The largest absolute Gasteiger partial charge is 0.456 e. The van der Waals surface area contributed by atoms with E-state index in [2.05, 4.69) is 210 Å². The molecule has 0 saturated carbocycles. The van der Waals surface area contributed by atoms with Gasteiger partial charge in [-0.3, -0.25) is 4.57 Å². The molecule has 1 aliphatic carbocycles. The average Bonchev–Trinajstić information content (AvgIpc) is 4.05. The molecule has 11 aromatic rings. The van der Waals surface area contributed by atoms with Crippen LogP contribution in [-0.2, 0) is 5.41 Å². The van der Waals surface area contributed by atoms with Crippen LogP contribution in [0.4, 0.5) is 17.1 Å². The molecular weight excluding hydrogens is 731 g/mol. The van der Waals surface area contributed by atoms with Crippen molar-refractivity contribution in [1.29, 1.82) is 0 Å². The Labute approximate surface area is 346 Å². The summed E-state index contributed by atoms with van der Waals surface area (Å²) in [7, 11) is 0. The van der Waals surface area contributed by atoms with Crippen molar-refractivity contribution in [2.24, 2.45) is 0 Å². The number of aromatic nitrogens is 2. The van der Waals surface area contributed by atoms with Crippen molar-refractivity contribution < 1.29 is 4.42 Å². The topological polar surface area (TPSA) is 34.2 Å². The van der Waals surface area contributed by atoms with Gasteiger partial charge in [0.25, 0.3) is 0 Å². The number of fused-ring (bicyclic) bond motifs is 15. The van der Waals surface area contributed by atoms with Crippen molar-refractivity contribution in [3.05, 3.63) is 235 Å². The third-order valence-corrected chi connectivity index (χ3v) is 12.8. The first-order chi connectivity index (χ1) is 29.8. The van der Waals surface area contributed by atoms with Crippen LogP contribution in [0.2, 0.25) is 0 Å². The van der Waals surface area contributed by atoms with E-state index in [0.29, 0.717) is 0 Å². The molecule has 0 atom stereocenters. The average molecular weight is 766 g/mol. The number of rotatable bonds is 5. The number of furan rings is 1. The molecule has 9 aromatic carbocycles. The van der Waals surface area contributed by atoms with Crippen molar-refractivity contribution in [1.82, 2.24) is 9.55 Å². The molecule has 4 heteroatoms. The highest BCUT2D eigenvalue weighted by Gasteiger charge is 2.54. The van der Waals surface area contributed by atoms with Gasteiger partial charge in [0, 0.05) is 22.1 Å². The molecule has 2 aliphatic rings. The van der Waals surface area contributed by atoms with E-state index in [9.17, 15) is 0 Å². The highest BCUT2D eigenvalue weighted by atomic mass is 16.3. The van der Waals surface area contributed by atoms with Gasteiger partial charge in [-0.25, -0.2) is 4.98 Å². The van der Waals surface area contributed by atoms with Crippen LogP contribution in [0.25, 0.3) is 72.0 Å². The molecule has 0 amide bonds. The number of benzene rings is 9. The summed E-state index contributed by atoms with van der Waals surface area (Å²) in [5, 5.41) is 2.26. The number of anilines is 3. The van der Waals surface area contributed by atoms with E-state index in [-0.39, 0.29) is 0 Å². The molecule has 60 heavy (non-hydrogen) atoms. The van der Waals surface area contributed by atoms with Crippen molar-refractivity contribution in [3.63, 3.8) is 0 Å². The molecule has 280 valence electrons. The Morgan fingerprint density at radius 2 is 1.00 bits per heavy atom. The fourth-order valence-electron chi connectivity index (χ4n) is 10.3. The molecule has 0 N–H and O–H groups in total. The second-order valence-electron chi connectivity index (χ2n) is 15.8. The minimum atomic E-state index is -0.553. The molecule has 0 unspecified atom stereocenters. The summed E-state index contributed by atoms with van der Waals surface area (Å²) in [6.07, 6.45) is 0. The van der Waals surface area contributed by atoms with Crippen LogP contribution in [0.3, 0.4) is 0 Å². The lowest BCUT2D eigenvalue weighted by Crippen LogP contribution is -2.27. The van der Waals surface area contributed by atoms with E-state index in [1.165, 1.54) is 38.9 Å². The van der Waals surface area contributed by atoms with E-state index in [4.69, 9.17) is 9.40 Å². The van der Waals surface area contributed by atoms with E-state index < -0.39 is 5.41 Å². The van der Waals surface area contributed by atoms with Crippen molar-refractivity contribution >= 4 is 50.0 Å². The fourth-order valence-corrected chi connectivity index (χ4v) is 10.3. The lowest BCUT2D eigenvalue weighted by molar-refractivity contribution is 0.669. The Morgan fingerprint density at radius 1 is 0.433 bits per heavy atom. The minimum Gasteiger partial charge on any atom is -0.456 e. The zero-order valence-electron chi connectivity index (χ0n) is 32.5. The SMILES string of the molecule is c1ccc(-c2ccc(N(c3ccc(-c4cccc5oc6ccccc6c45)cc3)c3cccc4nc5n(c34)-c3ccccc3C53c4ccccc4-c4ccccc43)cc2)cc1. The Hall–Kier alpha value is -7.95. The summed E-state index contributed by atoms with van der Waals surface area (Å²) in [6.45, 7) is 0. The molecule has 0 radical (unpaired) electrons. The molecular formula is C56H35N3O. The Balaban J connectivity index is 1.04. The van der Waals surface area contributed by atoms with Crippen LogP contribution in [0.1, 0.15) is 22.5 Å². The summed E-state index contributed by atoms with van der Waals surface area (Å²) in [5.41, 5.74) is 18.6. The van der Waals surface area contributed by atoms with Gasteiger partial charge in [0.1, 0.15) is 22.4 Å². The minimum absolute atomic E-state index is 0.553. The maximum absolute atomic E-state index is 6.29. The highest BCUT2D eigenvalue weighted by Crippen LogP contribution is 2.61. The number of nitrogens with zero attached hydrogens (tertiary/aromatic N) is 3. The number of hydrogen-bond acceptors (Lipinski definition) is 3. The predicted molar refractivity (Wildman–Crippen MR) is 245 cm³/mol. The monoisotopic (exact) mass is 765 g/mol. The number of hydrogen-bond donors (Lipinski definition) is 0. The van der Waals surface area contributed by atoms with Gasteiger partial charge in [0.15, 0.2) is 0 Å². The van der Waals surface area contributed by atoms with Crippen LogP contribution < -0.4 is 4.90 Å². The first-order valence-electron chi connectivity index (χ1n) is 20.5. The van der Waals surface area contributed by atoms with Crippen LogP contribution >= 0.6 is 0 Å². The highest BCUT2D eigenvalue weighted by molar-refractivity contribution is 6.12. The fraction of sp³-hybridized carbons (Fsp3) is 0.0179. The normalized spacial score (nSPS) is 13.1. The van der Waals surface area contributed by atoms with Crippen molar-refractivity contribution in [2.75, 3.05) is 4.90 Å². The Kier molecular flexibility index (Phi) is 6.90. The second kappa shape index (κ2) is 12.5. The third kappa shape index (κ3) is 4.47. The van der Waals surface area contributed by atoms with Gasteiger partial charge in [-0.2, -0.15) is 0 Å². The van der Waals surface area contributed by atoms with E-state index in [1.54, 1.807) is 0 Å². The smallest absolute Gasteiger partial charge is 0.136 e. The molecule has 0 saturated heterocycles. The second-order valence-corrected chi connectivity index (χ2v) is 15.8. The van der Waals surface area contributed by atoms with Crippen LogP contribution in [-0.4, -0.2) is 9.55 Å². The predicted octanol–water partition coefficient (Wildman–Crippen LogP) is 14.4. The molecule has 13 rings (SSSR count). The van der Waals surface area contributed by atoms with Gasteiger partial charge in [0.05, 0.1) is 22.4 Å². The van der Waals surface area contributed by atoms with E-state index in [1.807, 2.05) is 12.1 Å². The van der Waals surface area contributed by atoms with Crippen LogP contribution in [0.5, 0.6) is 0 Å². The lowest BCUT2D eigenvalue weighted by atomic mass is 9.73. The number of para-hydroxylation sites is 3. The number of imidazole rings is 1. The van der Waals surface area contributed by atoms with Gasteiger partial charge in [0.2, 0.25) is 0 Å². The summed E-state index contributed by atoms with van der Waals surface area (Å²) >= 11 is 0.